The molecule has 172 valence electrons. The number of rotatable bonds is 5. The van der Waals surface area contributed by atoms with E-state index in [1.165, 1.54) is 24.5 Å². The maximum absolute atomic E-state index is 13.1. The van der Waals surface area contributed by atoms with Gasteiger partial charge < -0.3 is 10.6 Å². The van der Waals surface area contributed by atoms with Gasteiger partial charge in [0.25, 0.3) is 0 Å². The van der Waals surface area contributed by atoms with Crippen molar-refractivity contribution in [3.63, 3.8) is 0 Å². The number of nitrogens with one attached hydrogen (secondary N) is 3. The molecule has 1 fully saturated rings. The predicted molar refractivity (Wildman–Crippen MR) is 111 cm³/mol. The van der Waals surface area contributed by atoms with Crippen LogP contribution in [0.15, 0.2) is 42.7 Å². The van der Waals surface area contributed by atoms with Gasteiger partial charge in [-0.15, -0.1) is 0 Å². The Morgan fingerprint density at radius 3 is 2.34 bits per heavy atom. The molecule has 3 N–H and O–H groups in total. The molecule has 1 aliphatic heterocycles. The number of nitrogens with zero attached hydrogens (tertiary/aromatic N) is 2. The smallest absolute Gasteiger partial charge is 0.347 e. The highest BCUT2D eigenvalue weighted by atomic mass is 19.4. The minimum atomic E-state index is -4.29. The molecule has 2 heterocycles. The zero-order chi connectivity index (χ0) is 23.5. The van der Waals surface area contributed by atoms with E-state index in [0.29, 0.717) is 11.4 Å². The molecule has 3 rings (SSSR count). The van der Waals surface area contributed by atoms with Crippen molar-refractivity contribution in [2.45, 2.75) is 58.0 Å². The molecule has 7 nitrogen and oxygen atoms in total. The summed E-state index contributed by atoms with van der Waals surface area (Å²) in [5.41, 5.74) is 0.400. The Kier molecular flexibility index (Phi) is 6.82. The summed E-state index contributed by atoms with van der Waals surface area (Å²) in [4.78, 5) is 33.5. The summed E-state index contributed by atoms with van der Waals surface area (Å²) in [5.74, 6) is -0.365. The van der Waals surface area contributed by atoms with Crippen LogP contribution < -0.4 is 16.0 Å². The fraction of sp³-hybridized carbons (Fsp3) is 0.455. The van der Waals surface area contributed by atoms with Crippen molar-refractivity contribution >= 4 is 11.8 Å². The molecule has 0 radical (unpaired) electrons. The number of halogens is 3. The lowest BCUT2D eigenvalue weighted by atomic mass is 9.81. The summed E-state index contributed by atoms with van der Waals surface area (Å²) in [6, 6.07) is 6.38. The lowest BCUT2D eigenvalue weighted by Gasteiger charge is -2.35. The van der Waals surface area contributed by atoms with Crippen LogP contribution in [0.3, 0.4) is 0 Å². The van der Waals surface area contributed by atoms with Gasteiger partial charge in [0.05, 0.1) is 24.9 Å². The second-order valence-corrected chi connectivity index (χ2v) is 8.87. The fourth-order valence-corrected chi connectivity index (χ4v) is 3.58. The molecule has 1 saturated heterocycles. The Morgan fingerprint density at radius 1 is 1.16 bits per heavy atom. The second kappa shape index (κ2) is 9.23. The number of benzene rings is 1. The van der Waals surface area contributed by atoms with Gasteiger partial charge in [0.2, 0.25) is 11.8 Å². The fourth-order valence-electron chi connectivity index (χ4n) is 3.58. The zero-order valence-corrected chi connectivity index (χ0v) is 18.0. The first-order chi connectivity index (χ1) is 14.9. The van der Waals surface area contributed by atoms with Crippen LogP contribution in [-0.4, -0.2) is 34.0 Å². The molecule has 10 heteroatoms. The van der Waals surface area contributed by atoms with E-state index in [9.17, 15) is 22.8 Å². The first-order valence-corrected chi connectivity index (χ1v) is 10.2. The third-order valence-electron chi connectivity index (χ3n) is 5.09. The molecule has 0 bridgehead atoms. The van der Waals surface area contributed by atoms with Gasteiger partial charge in [-0.2, -0.15) is 13.2 Å². The van der Waals surface area contributed by atoms with E-state index in [2.05, 4.69) is 25.9 Å². The Balaban J connectivity index is 1.75. The predicted octanol–water partition coefficient (Wildman–Crippen LogP) is 2.96. The van der Waals surface area contributed by atoms with E-state index < -0.39 is 36.3 Å². The molecular weight excluding hydrogens is 423 g/mol. The Morgan fingerprint density at radius 2 is 1.78 bits per heavy atom. The van der Waals surface area contributed by atoms with Crippen LogP contribution in [0.4, 0.5) is 13.2 Å². The number of amides is 2. The van der Waals surface area contributed by atoms with Crippen molar-refractivity contribution in [3.8, 4) is 0 Å². The van der Waals surface area contributed by atoms with Crippen LogP contribution in [-0.2, 0) is 16.0 Å². The molecular formula is C22H26F3N5O2. The average Bonchev–Trinajstić information content (AvgIpc) is 2.71. The van der Waals surface area contributed by atoms with Crippen LogP contribution in [0.5, 0.6) is 0 Å². The summed E-state index contributed by atoms with van der Waals surface area (Å²) in [6.07, 6.45) is -2.98. The highest BCUT2D eigenvalue weighted by molar-refractivity contribution is 5.89. The van der Waals surface area contributed by atoms with E-state index in [-0.39, 0.29) is 23.8 Å². The van der Waals surface area contributed by atoms with E-state index in [1.807, 2.05) is 20.8 Å². The van der Waals surface area contributed by atoms with Gasteiger partial charge in [0.15, 0.2) is 5.82 Å². The lowest BCUT2D eigenvalue weighted by molar-refractivity contribution is -0.132. The number of alkyl halides is 3. The van der Waals surface area contributed by atoms with Crippen molar-refractivity contribution in [1.82, 2.24) is 25.9 Å². The third-order valence-corrected chi connectivity index (χ3v) is 5.09. The van der Waals surface area contributed by atoms with Gasteiger partial charge in [-0.1, -0.05) is 45.0 Å². The highest BCUT2D eigenvalue weighted by Gasteiger charge is 2.36. The van der Waals surface area contributed by atoms with Crippen LogP contribution in [0.2, 0.25) is 0 Å². The van der Waals surface area contributed by atoms with Crippen LogP contribution in [0.25, 0.3) is 0 Å². The van der Waals surface area contributed by atoms with Gasteiger partial charge in [-0.05, 0) is 22.6 Å². The van der Waals surface area contributed by atoms with Gasteiger partial charge in [0.1, 0.15) is 6.17 Å². The SMILES string of the molecule is CC(C)(C)[C@@H](NC(=O)C1CC(=O)NC(c2ncccn2)N1)c1ccc(CC(F)(F)F)cc1. The summed E-state index contributed by atoms with van der Waals surface area (Å²) in [7, 11) is 0. The molecule has 2 unspecified atom stereocenters. The van der Waals surface area contributed by atoms with Crippen molar-refractivity contribution in [2.24, 2.45) is 5.41 Å². The lowest BCUT2D eigenvalue weighted by Crippen LogP contribution is -2.57. The quantitative estimate of drug-likeness (QED) is 0.652. The highest BCUT2D eigenvalue weighted by Crippen LogP contribution is 2.33. The summed E-state index contributed by atoms with van der Waals surface area (Å²) >= 11 is 0. The number of carbonyl (C=O) groups is 2. The van der Waals surface area contributed by atoms with Crippen molar-refractivity contribution in [1.29, 1.82) is 0 Å². The first kappa shape index (κ1) is 23.6. The summed E-state index contributed by atoms with van der Waals surface area (Å²) in [5, 5.41) is 8.72. The van der Waals surface area contributed by atoms with Crippen LogP contribution in [0, 0.1) is 5.41 Å². The Bertz CT molecular complexity index is 943. The number of hydrogen-bond donors (Lipinski definition) is 3. The second-order valence-electron chi connectivity index (χ2n) is 8.87. The molecule has 0 saturated carbocycles. The topological polar surface area (TPSA) is 96.0 Å². The summed E-state index contributed by atoms with van der Waals surface area (Å²) in [6.45, 7) is 5.76. The number of aromatic nitrogens is 2. The standard InChI is InChI=1S/C22H26F3N5O2/c1-21(2,3)17(14-7-5-13(6-8-14)12-22(23,24)25)30-20(32)15-11-16(31)29-19(28-15)18-26-9-4-10-27-18/h4-10,15,17,19,28H,11-12H2,1-3H3,(H,29,31)(H,30,32)/t15?,17-,19?/m0/s1. The molecule has 2 aromatic rings. The molecule has 32 heavy (non-hydrogen) atoms. The van der Waals surface area contributed by atoms with E-state index >= 15 is 0 Å². The average molecular weight is 449 g/mol. The maximum atomic E-state index is 13.1. The first-order valence-electron chi connectivity index (χ1n) is 10.2. The molecule has 1 aromatic carbocycles. The summed E-state index contributed by atoms with van der Waals surface area (Å²) < 4.78 is 37.9. The molecule has 0 spiro atoms. The number of hydrogen-bond acceptors (Lipinski definition) is 5. The molecule has 1 aliphatic rings. The van der Waals surface area contributed by atoms with Gasteiger partial charge in [-0.25, -0.2) is 9.97 Å². The van der Waals surface area contributed by atoms with Crippen LogP contribution >= 0.6 is 0 Å². The Labute approximate surface area is 184 Å². The maximum Gasteiger partial charge on any atom is 0.393 e. The Hall–Kier alpha value is -3.01. The number of carbonyl (C=O) groups excluding carboxylic acids is 2. The monoisotopic (exact) mass is 449 g/mol. The van der Waals surface area contributed by atoms with Crippen LogP contribution in [0.1, 0.15) is 56.4 Å². The van der Waals surface area contributed by atoms with Crippen molar-refractivity contribution in [3.05, 3.63) is 59.7 Å². The van der Waals surface area contributed by atoms with Crippen molar-refractivity contribution < 1.29 is 22.8 Å². The van der Waals surface area contributed by atoms with E-state index in [0.717, 1.165) is 0 Å². The van der Waals surface area contributed by atoms with E-state index in [1.54, 1.807) is 18.2 Å². The third kappa shape index (κ3) is 6.25. The molecule has 3 atom stereocenters. The van der Waals surface area contributed by atoms with Gasteiger partial charge in [0, 0.05) is 12.4 Å². The van der Waals surface area contributed by atoms with Gasteiger partial charge >= 0.3 is 6.18 Å². The normalized spacial score (nSPS) is 20.4. The molecule has 0 aliphatic carbocycles. The molecule has 2 amide bonds. The van der Waals surface area contributed by atoms with Crippen molar-refractivity contribution in [2.75, 3.05) is 0 Å². The van der Waals surface area contributed by atoms with E-state index in [4.69, 9.17) is 0 Å². The minimum absolute atomic E-state index is 0.0590. The largest absolute Gasteiger partial charge is 0.393 e. The molecule has 1 aromatic heterocycles. The van der Waals surface area contributed by atoms with Gasteiger partial charge in [-0.3, -0.25) is 14.9 Å². The minimum Gasteiger partial charge on any atom is -0.347 e. The zero-order valence-electron chi connectivity index (χ0n) is 18.0.